The molecule has 1 aromatic rings. The molecule has 1 heterocycles. The van der Waals surface area contributed by atoms with Gasteiger partial charge >= 0.3 is 5.97 Å². The lowest BCUT2D eigenvalue weighted by Gasteiger charge is -2.32. The predicted molar refractivity (Wildman–Crippen MR) is 76.3 cm³/mol. The molecule has 1 fully saturated rings. The highest BCUT2D eigenvalue weighted by atomic mass is 19.1. The van der Waals surface area contributed by atoms with Crippen molar-refractivity contribution in [3.05, 3.63) is 35.6 Å². The average Bonchev–Trinajstić information content (AvgIpc) is 2.45. The summed E-state index contributed by atoms with van der Waals surface area (Å²) in [4.78, 5) is 24.6. The largest absolute Gasteiger partial charge is 0.481 e. The number of carbonyl (C=O) groups excluding carboxylic acids is 1. The molecular weight excluding hydrogens is 273 g/mol. The molecule has 1 unspecified atom stereocenters. The van der Waals surface area contributed by atoms with Crippen LogP contribution < -0.4 is 0 Å². The van der Waals surface area contributed by atoms with Gasteiger partial charge in [-0.2, -0.15) is 0 Å². The van der Waals surface area contributed by atoms with Gasteiger partial charge in [-0.05, 0) is 42.9 Å². The molecule has 1 aliphatic rings. The molecule has 1 amide bonds. The topological polar surface area (TPSA) is 57.6 Å². The molecule has 0 radical (unpaired) electrons. The third-order valence-electron chi connectivity index (χ3n) is 3.88. The fourth-order valence-corrected chi connectivity index (χ4v) is 2.79. The van der Waals surface area contributed by atoms with Crippen LogP contribution in [0.3, 0.4) is 0 Å². The molecule has 1 atom stereocenters. The van der Waals surface area contributed by atoms with E-state index in [9.17, 15) is 14.0 Å². The number of carboxylic acids is 1. The number of carboxylic acid groups (broad SMARTS) is 1. The molecule has 0 saturated carbocycles. The second-order valence-electron chi connectivity index (χ2n) is 5.59. The van der Waals surface area contributed by atoms with Gasteiger partial charge < -0.3 is 10.0 Å². The molecule has 2 rings (SSSR count). The summed E-state index contributed by atoms with van der Waals surface area (Å²) >= 11 is 0. The zero-order chi connectivity index (χ0) is 15.2. The van der Waals surface area contributed by atoms with Crippen molar-refractivity contribution >= 4 is 11.9 Å². The lowest BCUT2D eigenvalue weighted by Crippen LogP contribution is -2.40. The van der Waals surface area contributed by atoms with Crippen molar-refractivity contribution in [1.29, 1.82) is 0 Å². The van der Waals surface area contributed by atoms with E-state index in [1.54, 1.807) is 17.0 Å². The molecule has 114 valence electrons. The smallest absolute Gasteiger partial charge is 0.303 e. The summed E-state index contributed by atoms with van der Waals surface area (Å²) < 4.78 is 13.1. The molecule has 1 saturated heterocycles. The number of halogens is 1. The van der Waals surface area contributed by atoms with E-state index >= 15 is 0 Å². The van der Waals surface area contributed by atoms with Gasteiger partial charge in [-0.15, -0.1) is 0 Å². The maximum Gasteiger partial charge on any atom is 0.303 e. The Labute approximate surface area is 123 Å². The van der Waals surface area contributed by atoms with Gasteiger partial charge in [0.05, 0.1) is 6.42 Å². The first-order chi connectivity index (χ1) is 10.0. The Hall–Kier alpha value is -1.91. The maximum atomic E-state index is 13.1. The SMILES string of the molecule is O=C(O)CCC1CCCN(C(=O)Cc2cccc(F)c2)C1. The van der Waals surface area contributed by atoms with Crippen LogP contribution in [-0.2, 0) is 16.0 Å². The predicted octanol–water partition coefficient (Wildman–Crippen LogP) is 2.47. The van der Waals surface area contributed by atoms with Crippen LogP contribution in [0.25, 0.3) is 0 Å². The number of carbonyl (C=O) groups is 2. The van der Waals surface area contributed by atoms with Gasteiger partial charge in [-0.1, -0.05) is 12.1 Å². The standard InChI is InChI=1S/C16H20FNO3/c17-14-5-1-3-13(9-14)10-15(19)18-8-2-4-12(11-18)6-7-16(20)21/h1,3,5,9,12H,2,4,6-8,10-11H2,(H,20,21). The Kier molecular flexibility index (Phi) is 5.31. The Morgan fingerprint density at radius 1 is 1.38 bits per heavy atom. The summed E-state index contributed by atoms with van der Waals surface area (Å²) in [5.41, 5.74) is 0.674. The van der Waals surface area contributed by atoms with Crippen LogP contribution in [0.1, 0.15) is 31.2 Å². The number of benzene rings is 1. The fraction of sp³-hybridized carbons (Fsp3) is 0.500. The summed E-state index contributed by atoms with van der Waals surface area (Å²) in [7, 11) is 0. The van der Waals surface area contributed by atoms with Gasteiger partial charge in [0, 0.05) is 19.5 Å². The van der Waals surface area contributed by atoms with Gasteiger partial charge in [-0.3, -0.25) is 9.59 Å². The molecule has 0 aliphatic carbocycles. The molecule has 1 N–H and O–H groups in total. The Morgan fingerprint density at radius 3 is 2.90 bits per heavy atom. The highest BCUT2D eigenvalue weighted by molar-refractivity contribution is 5.78. The number of amides is 1. The molecule has 0 spiro atoms. The molecule has 1 aromatic carbocycles. The fourth-order valence-electron chi connectivity index (χ4n) is 2.79. The summed E-state index contributed by atoms with van der Waals surface area (Å²) in [6, 6.07) is 6.08. The molecule has 21 heavy (non-hydrogen) atoms. The van der Waals surface area contributed by atoms with E-state index in [4.69, 9.17) is 5.11 Å². The number of nitrogens with zero attached hydrogens (tertiary/aromatic N) is 1. The van der Waals surface area contributed by atoms with Crippen LogP contribution in [0.5, 0.6) is 0 Å². The van der Waals surface area contributed by atoms with Crippen molar-refractivity contribution in [2.45, 2.75) is 32.1 Å². The quantitative estimate of drug-likeness (QED) is 0.907. The summed E-state index contributed by atoms with van der Waals surface area (Å²) in [6.45, 7) is 1.32. The van der Waals surface area contributed by atoms with E-state index in [2.05, 4.69) is 0 Å². The van der Waals surface area contributed by atoms with Crippen molar-refractivity contribution < 1.29 is 19.1 Å². The number of rotatable bonds is 5. The molecule has 0 bridgehead atoms. The van der Waals surface area contributed by atoms with Crippen LogP contribution in [0.4, 0.5) is 4.39 Å². The van der Waals surface area contributed by atoms with Crippen molar-refractivity contribution in [2.24, 2.45) is 5.92 Å². The summed E-state index contributed by atoms with van der Waals surface area (Å²) in [6.07, 6.45) is 2.83. The van der Waals surface area contributed by atoms with Crippen molar-refractivity contribution in [2.75, 3.05) is 13.1 Å². The first-order valence-electron chi connectivity index (χ1n) is 7.28. The first kappa shape index (κ1) is 15.5. The Bertz CT molecular complexity index is 518. The van der Waals surface area contributed by atoms with E-state index < -0.39 is 5.97 Å². The number of aliphatic carboxylic acids is 1. The third-order valence-corrected chi connectivity index (χ3v) is 3.88. The Balaban J connectivity index is 1.88. The Morgan fingerprint density at radius 2 is 2.19 bits per heavy atom. The minimum absolute atomic E-state index is 0.0133. The normalized spacial score (nSPS) is 18.5. The molecule has 5 heteroatoms. The number of likely N-dealkylation sites (tertiary alicyclic amines) is 1. The second kappa shape index (κ2) is 7.20. The summed E-state index contributed by atoms with van der Waals surface area (Å²) in [5.74, 6) is -0.886. The lowest BCUT2D eigenvalue weighted by molar-refractivity contribution is -0.137. The maximum absolute atomic E-state index is 13.1. The van der Waals surface area contributed by atoms with Crippen molar-refractivity contribution in [1.82, 2.24) is 4.90 Å². The van der Waals surface area contributed by atoms with Crippen LogP contribution in [0, 0.1) is 11.7 Å². The molecule has 1 aliphatic heterocycles. The minimum Gasteiger partial charge on any atom is -0.481 e. The van der Waals surface area contributed by atoms with Crippen molar-refractivity contribution in [3.63, 3.8) is 0 Å². The zero-order valence-corrected chi connectivity index (χ0v) is 11.9. The van der Waals surface area contributed by atoms with Crippen LogP contribution in [-0.4, -0.2) is 35.0 Å². The minimum atomic E-state index is -0.793. The van der Waals surface area contributed by atoms with Gasteiger partial charge in [-0.25, -0.2) is 4.39 Å². The van der Waals surface area contributed by atoms with E-state index in [0.29, 0.717) is 25.1 Å². The number of hydrogen-bond acceptors (Lipinski definition) is 2. The van der Waals surface area contributed by atoms with Crippen LogP contribution in [0.15, 0.2) is 24.3 Å². The van der Waals surface area contributed by atoms with Gasteiger partial charge in [0.1, 0.15) is 5.82 Å². The second-order valence-corrected chi connectivity index (χ2v) is 5.59. The van der Waals surface area contributed by atoms with Crippen LogP contribution >= 0.6 is 0 Å². The van der Waals surface area contributed by atoms with E-state index in [1.165, 1.54) is 12.1 Å². The van der Waals surface area contributed by atoms with Crippen LogP contribution in [0.2, 0.25) is 0 Å². The van der Waals surface area contributed by atoms with Gasteiger partial charge in [0.2, 0.25) is 5.91 Å². The lowest BCUT2D eigenvalue weighted by atomic mass is 9.93. The van der Waals surface area contributed by atoms with E-state index in [1.807, 2.05) is 0 Å². The molecular formula is C16H20FNO3. The highest BCUT2D eigenvalue weighted by Crippen LogP contribution is 2.21. The van der Waals surface area contributed by atoms with Crippen molar-refractivity contribution in [3.8, 4) is 0 Å². The molecule has 0 aromatic heterocycles. The third kappa shape index (κ3) is 4.85. The number of piperidine rings is 1. The highest BCUT2D eigenvalue weighted by Gasteiger charge is 2.24. The van der Waals surface area contributed by atoms with Gasteiger partial charge in [0.15, 0.2) is 0 Å². The summed E-state index contributed by atoms with van der Waals surface area (Å²) in [5, 5.41) is 8.72. The monoisotopic (exact) mass is 293 g/mol. The van der Waals surface area contributed by atoms with E-state index in [-0.39, 0.29) is 30.5 Å². The number of hydrogen-bond donors (Lipinski definition) is 1. The first-order valence-corrected chi connectivity index (χ1v) is 7.28. The van der Waals surface area contributed by atoms with E-state index in [0.717, 1.165) is 12.8 Å². The van der Waals surface area contributed by atoms with Gasteiger partial charge in [0.25, 0.3) is 0 Å². The molecule has 4 nitrogen and oxygen atoms in total. The zero-order valence-electron chi connectivity index (χ0n) is 11.9. The average molecular weight is 293 g/mol.